The summed E-state index contributed by atoms with van der Waals surface area (Å²) in [4.78, 5) is 0. The van der Waals surface area contributed by atoms with Gasteiger partial charge in [-0.15, -0.1) is 0 Å². The molecule has 0 spiro atoms. The third-order valence-electron chi connectivity index (χ3n) is 3.71. The van der Waals surface area contributed by atoms with Crippen molar-refractivity contribution in [3.8, 4) is 0 Å². The van der Waals surface area contributed by atoms with Crippen LogP contribution in [0.1, 0.15) is 45.1 Å². The van der Waals surface area contributed by atoms with Crippen LogP contribution in [0, 0.1) is 0 Å². The first-order chi connectivity index (χ1) is 8.70. The summed E-state index contributed by atoms with van der Waals surface area (Å²) in [6.07, 6.45) is 9.40. The van der Waals surface area contributed by atoms with Crippen LogP contribution in [0.25, 0.3) is 0 Å². The number of hydrogen-bond donors (Lipinski definition) is 0. The Morgan fingerprint density at radius 2 is 1.39 bits per heavy atom. The molecule has 0 radical (unpaired) electrons. The Balaban J connectivity index is 2.49. The zero-order valence-electron chi connectivity index (χ0n) is 12.5. The first-order valence-electron chi connectivity index (χ1n) is 7.45. The molecule has 0 saturated heterocycles. The number of aryl methyl sites for hydroxylation is 1. The van der Waals surface area contributed by atoms with E-state index in [2.05, 4.69) is 50.4 Å². The Kier molecular flexibility index (Phi) is 7.50. The predicted molar refractivity (Wildman–Crippen MR) is 88.1 cm³/mol. The highest BCUT2D eigenvalue weighted by Crippen LogP contribution is 2.46. The molecule has 0 amide bonds. The summed E-state index contributed by atoms with van der Waals surface area (Å²) in [5.41, 5.74) is 1.52. The molecule has 0 aliphatic carbocycles. The molecule has 1 aromatic rings. The van der Waals surface area contributed by atoms with Gasteiger partial charge in [-0.05, 0) is 48.3 Å². The Morgan fingerprint density at radius 1 is 0.833 bits per heavy atom. The summed E-state index contributed by atoms with van der Waals surface area (Å²) in [7, 11) is -0.362. The van der Waals surface area contributed by atoms with Gasteiger partial charge in [-0.25, -0.2) is 10.0 Å². The van der Waals surface area contributed by atoms with Crippen LogP contribution in [-0.4, -0.2) is 23.5 Å². The molecular formula is C17H30S. The van der Waals surface area contributed by atoms with Crippen LogP contribution < -0.4 is 0 Å². The molecule has 0 fully saturated rings. The minimum atomic E-state index is -0.362. The fourth-order valence-electron chi connectivity index (χ4n) is 2.30. The van der Waals surface area contributed by atoms with E-state index in [4.69, 9.17) is 0 Å². The highest BCUT2D eigenvalue weighted by atomic mass is 32.3. The van der Waals surface area contributed by atoms with Crippen LogP contribution in [-0.2, 0) is 6.42 Å². The monoisotopic (exact) mass is 266 g/mol. The summed E-state index contributed by atoms with van der Waals surface area (Å²) in [5, 5.41) is 0. The standard InChI is InChI=1S/C17H30S/c1-4-6-14-18(3,15-7-5-2)16-13-17-11-9-8-10-12-17/h8-12H,4-7,13-16H2,1-3H3. The normalized spacial score (nSPS) is 12.6. The molecule has 0 N–H and O–H groups in total. The van der Waals surface area contributed by atoms with Gasteiger partial charge in [-0.1, -0.05) is 57.0 Å². The molecule has 1 rings (SSSR count). The van der Waals surface area contributed by atoms with Crippen molar-refractivity contribution in [1.29, 1.82) is 0 Å². The van der Waals surface area contributed by atoms with E-state index >= 15 is 0 Å². The number of rotatable bonds is 9. The van der Waals surface area contributed by atoms with E-state index in [1.165, 1.54) is 54.9 Å². The van der Waals surface area contributed by atoms with Crippen molar-refractivity contribution in [1.82, 2.24) is 0 Å². The maximum atomic E-state index is 2.58. The van der Waals surface area contributed by atoms with Gasteiger partial charge in [-0.2, -0.15) is 0 Å². The molecule has 0 saturated carbocycles. The van der Waals surface area contributed by atoms with Crippen LogP contribution in [0.4, 0.5) is 0 Å². The second-order valence-corrected chi connectivity index (χ2v) is 9.72. The molecule has 0 aliphatic rings. The van der Waals surface area contributed by atoms with Gasteiger partial charge in [-0.3, -0.25) is 0 Å². The minimum absolute atomic E-state index is 0.362. The largest absolute Gasteiger partial charge is 0.244 e. The van der Waals surface area contributed by atoms with E-state index in [1.54, 1.807) is 0 Å². The smallest absolute Gasteiger partial charge is 0.0190 e. The molecule has 0 atom stereocenters. The molecule has 18 heavy (non-hydrogen) atoms. The SMILES string of the molecule is CCCCS(C)(CCCC)CCc1ccccc1. The molecule has 0 aromatic heterocycles. The van der Waals surface area contributed by atoms with Crippen LogP contribution in [0.2, 0.25) is 0 Å². The number of unbranched alkanes of at least 4 members (excludes halogenated alkanes) is 2. The Labute approximate surface area is 116 Å². The van der Waals surface area contributed by atoms with Crippen molar-refractivity contribution in [2.45, 2.75) is 46.0 Å². The van der Waals surface area contributed by atoms with Gasteiger partial charge in [0.1, 0.15) is 0 Å². The van der Waals surface area contributed by atoms with E-state index in [0.29, 0.717) is 0 Å². The molecule has 0 nitrogen and oxygen atoms in total. The molecule has 0 bridgehead atoms. The highest BCUT2D eigenvalue weighted by molar-refractivity contribution is 8.33. The number of hydrogen-bond acceptors (Lipinski definition) is 0. The Hall–Kier alpha value is -0.430. The lowest BCUT2D eigenvalue weighted by molar-refractivity contribution is 0.866. The maximum absolute atomic E-state index is 2.58. The minimum Gasteiger partial charge on any atom is -0.244 e. The molecule has 104 valence electrons. The quantitative estimate of drug-likeness (QED) is 0.571. The van der Waals surface area contributed by atoms with Gasteiger partial charge in [0.15, 0.2) is 0 Å². The second-order valence-electron chi connectivity index (χ2n) is 5.53. The van der Waals surface area contributed by atoms with Gasteiger partial charge in [0.2, 0.25) is 0 Å². The van der Waals surface area contributed by atoms with Crippen molar-refractivity contribution in [3.63, 3.8) is 0 Å². The number of benzene rings is 1. The van der Waals surface area contributed by atoms with E-state index in [9.17, 15) is 0 Å². The van der Waals surface area contributed by atoms with Crippen molar-refractivity contribution in [3.05, 3.63) is 35.9 Å². The lowest BCUT2D eigenvalue weighted by Gasteiger charge is -2.36. The van der Waals surface area contributed by atoms with Gasteiger partial charge >= 0.3 is 0 Å². The van der Waals surface area contributed by atoms with Crippen molar-refractivity contribution < 1.29 is 0 Å². The van der Waals surface area contributed by atoms with Crippen molar-refractivity contribution in [2.75, 3.05) is 23.5 Å². The van der Waals surface area contributed by atoms with E-state index in [1.807, 2.05) is 0 Å². The second kappa shape index (κ2) is 8.63. The zero-order chi connectivity index (χ0) is 13.3. The van der Waals surface area contributed by atoms with E-state index in [-0.39, 0.29) is 10.0 Å². The molecule has 1 heteroatoms. The summed E-state index contributed by atoms with van der Waals surface area (Å²) < 4.78 is 0. The molecule has 0 heterocycles. The lowest BCUT2D eigenvalue weighted by Crippen LogP contribution is -2.14. The molecule has 0 aliphatic heterocycles. The first kappa shape index (κ1) is 15.6. The molecule has 0 unspecified atom stereocenters. The van der Waals surface area contributed by atoms with Gasteiger partial charge in [0.25, 0.3) is 0 Å². The van der Waals surface area contributed by atoms with Crippen LogP contribution in [0.15, 0.2) is 30.3 Å². The van der Waals surface area contributed by atoms with E-state index < -0.39 is 0 Å². The average molecular weight is 266 g/mol. The van der Waals surface area contributed by atoms with Crippen molar-refractivity contribution in [2.24, 2.45) is 0 Å². The molecule has 1 aromatic carbocycles. The third kappa shape index (κ3) is 5.95. The average Bonchev–Trinajstić information content (AvgIpc) is 2.42. The summed E-state index contributed by atoms with van der Waals surface area (Å²) in [6.45, 7) is 4.63. The maximum Gasteiger partial charge on any atom is -0.0190 e. The van der Waals surface area contributed by atoms with Crippen LogP contribution >= 0.6 is 10.0 Å². The van der Waals surface area contributed by atoms with Crippen molar-refractivity contribution >= 4 is 10.0 Å². The van der Waals surface area contributed by atoms with Crippen LogP contribution in [0.5, 0.6) is 0 Å². The highest BCUT2D eigenvalue weighted by Gasteiger charge is 2.16. The summed E-state index contributed by atoms with van der Waals surface area (Å²) in [6, 6.07) is 11.0. The topological polar surface area (TPSA) is 0 Å². The van der Waals surface area contributed by atoms with Crippen LogP contribution in [0.3, 0.4) is 0 Å². The third-order valence-corrected chi connectivity index (χ3v) is 7.45. The van der Waals surface area contributed by atoms with Gasteiger partial charge < -0.3 is 0 Å². The predicted octanol–water partition coefficient (Wildman–Crippen LogP) is 5.26. The summed E-state index contributed by atoms with van der Waals surface area (Å²) >= 11 is 0. The zero-order valence-corrected chi connectivity index (χ0v) is 13.3. The fourth-order valence-corrected chi connectivity index (χ4v) is 5.61. The fraction of sp³-hybridized carbons (Fsp3) is 0.647. The Morgan fingerprint density at radius 3 is 1.89 bits per heavy atom. The summed E-state index contributed by atoms with van der Waals surface area (Å²) in [5.74, 6) is 4.39. The first-order valence-corrected chi connectivity index (χ1v) is 10.0. The van der Waals surface area contributed by atoms with E-state index in [0.717, 1.165) is 0 Å². The lowest BCUT2D eigenvalue weighted by atomic mass is 10.2. The molecular weight excluding hydrogens is 236 g/mol. The van der Waals surface area contributed by atoms with Gasteiger partial charge in [0, 0.05) is 0 Å². The Bertz CT molecular complexity index is 297. The van der Waals surface area contributed by atoms with Gasteiger partial charge in [0.05, 0.1) is 0 Å².